The molecule has 0 aromatic carbocycles. The SMILES string of the molecule is I.NC(=N[C@@H]1C[C@H]1c1ccc(Br)s1)NC1CCCCC1. The lowest BCUT2D eigenvalue weighted by Gasteiger charge is -2.23. The standard InChI is InChI=1S/C14H20BrN3S.HI/c15-13-7-6-12(19-13)10-8-11(10)18-14(16)17-9-4-2-1-3-5-9;/h6-7,9-11H,1-5,8H2,(H3,16,17,18);1H/t10-,11-;/m1./s1. The third-order valence-corrected chi connectivity index (χ3v) is 5.73. The van der Waals surface area contributed by atoms with Gasteiger partial charge in [-0.1, -0.05) is 19.3 Å². The van der Waals surface area contributed by atoms with Gasteiger partial charge in [0, 0.05) is 16.8 Å². The quantitative estimate of drug-likeness (QED) is 0.395. The van der Waals surface area contributed by atoms with E-state index in [-0.39, 0.29) is 24.0 Å². The fourth-order valence-corrected chi connectivity index (χ4v) is 4.42. The van der Waals surface area contributed by atoms with E-state index in [0.29, 0.717) is 24.0 Å². The summed E-state index contributed by atoms with van der Waals surface area (Å²) < 4.78 is 1.20. The zero-order valence-corrected chi connectivity index (χ0v) is 16.1. The largest absolute Gasteiger partial charge is 0.370 e. The molecule has 2 fully saturated rings. The van der Waals surface area contributed by atoms with Crippen molar-refractivity contribution < 1.29 is 0 Å². The van der Waals surface area contributed by atoms with E-state index >= 15 is 0 Å². The first kappa shape index (κ1) is 16.5. The van der Waals surface area contributed by atoms with Gasteiger partial charge in [-0.3, -0.25) is 0 Å². The molecule has 20 heavy (non-hydrogen) atoms. The van der Waals surface area contributed by atoms with E-state index in [2.05, 4.69) is 38.4 Å². The molecular weight excluding hydrogens is 449 g/mol. The Balaban J connectivity index is 0.00000147. The van der Waals surface area contributed by atoms with Crippen LogP contribution in [0, 0.1) is 0 Å². The fraction of sp³-hybridized carbons (Fsp3) is 0.643. The lowest BCUT2D eigenvalue weighted by Crippen LogP contribution is -2.41. The van der Waals surface area contributed by atoms with Crippen LogP contribution in [0.25, 0.3) is 0 Å². The van der Waals surface area contributed by atoms with Crippen molar-refractivity contribution in [2.75, 3.05) is 0 Å². The Hall–Kier alpha value is 0.180. The minimum atomic E-state index is 0. The highest BCUT2D eigenvalue weighted by Crippen LogP contribution is 2.46. The molecule has 3 nitrogen and oxygen atoms in total. The van der Waals surface area contributed by atoms with Gasteiger partial charge in [-0.25, -0.2) is 4.99 Å². The smallest absolute Gasteiger partial charge is 0.189 e. The van der Waals surface area contributed by atoms with Crippen LogP contribution in [0.4, 0.5) is 0 Å². The molecule has 3 rings (SSSR count). The second-order valence-corrected chi connectivity index (χ2v) is 8.04. The predicted molar refractivity (Wildman–Crippen MR) is 100 cm³/mol. The molecule has 0 unspecified atom stereocenters. The van der Waals surface area contributed by atoms with Crippen LogP contribution < -0.4 is 11.1 Å². The molecule has 6 heteroatoms. The van der Waals surface area contributed by atoms with E-state index in [4.69, 9.17) is 5.73 Å². The van der Waals surface area contributed by atoms with Gasteiger partial charge in [0.2, 0.25) is 0 Å². The molecule has 0 amide bonds. The zero-order chi connectivity index (χ0) is 13.2. The van der Waals surface area contributed by atoms with Gasteiger partial charge in [0.15, 0.2) is 5.96 Å². The molecule has 3 N–H and O–H groups in total. The fourth-order valence-electron chi connectivity index (χ4n) is 2.83. The van der Waals surface area contributed by atoms with Crippen LogP contribution in [0.1, 0.15) is 49.3 Å². The first-order valence-corrected chi connectivity index (χ1v) is 8.68. The molecule has 112 valence electrons. The summed E-state index contributed by atoms with van der Waals surface area (Å²) in [7, 11) is 0. The number of nitrogens with one attached hydrogen (secondary N) is 1. The van der Waals surface area contributed by atoms with Crippen LogP contribution in [0.5, 0.6) is 0 Å². The van der Waals surface area contributed by atoms with E-state index in [1.165, 1.54) is 40.8 Å². The van der Waals surface area contributed by atoms with Gasteiger partial charge in [0.25, 0.3) is 0 Å². The summed E-state index contributed by atoms with van der Waals surface area (Å²) in [5.41, 5.74) is 6.02. The predicted octanol–water partition coefficient (Wildman–Crippen LogP) is 4.22. The van der Waals surface area contributed by atoms with Crippen molar-refractivity contribution in [2.24, 2.45) is 10.7 Å². The van der Waals surface area contributed by atoms with Crippen molar-refractivity contribution in [1.82, 2.24) is 5.32 Å². The minimum Gasteiger partial charge on any atom is -0.370 e. The summed E-state index contributed by atoms with van der Waals surface area (Å²) in [6.07, 6.45) is 7.62. The van der Waals surface area contributed by atoms with Crippen LogP contribution in [-0.2, 0) is 0 Å². The van der Waals surface area contributed by atoms with Gasteiger partial charge >= 0.3 is 0 Å². The number of rotatable bonds is 3. The van der Waals surface area contributed by atoms with Crippen molar-refractivity contribution in [1.29, 1.82) is 0 Å². The minimum absolute atomic E-state index is 0. The zero-order valence-electron chi connectivity index (χ0n) is 11.3. The molecule has 2 aliphatic rings. The number of nitrogens with two attached hydrogens (primary N) is 1. The van der Waals surface area contributed by atoms with Crippen LogP contribution in [-0.4, -0.2) is 18.0 Å². The summed E-state index contributed by atoms with van der Waals surface area (Å²) in [5, 5.41) is 3.39. The summed E-state index contributed by atoms with van der Waals surface area (Å²) in [6.45, 7) is 0. The van der Waals surface area contributed by atoms with Crippen molar-refractivity contribution in [3.05, 3.63) is 20.8 Å². The highest BCUT2D eigenvalue weighted by molar-refractivity contribution is 14.0. The second-order valence-electron chi connectivity index (χ2n) is 5.55. The first-order chi connectivity index (χ1) is 9.22. The highest BCUT2D eigenvalue weighted by atomic mass is 127. The number of thiophene rings is 1. The Bertz CT molecular complexity index is 471. The second kappa shape index (κ2) is 7.45. The third kappa shape index (κ3) is 4.34. The average Bonchev–Trinajstić information content (AvgIpc) is 3.01. The maximum absolute atomic E-state index is 6.02. The Morgan fingerprint density at radius 1 is 1.30 bits per heavy atom. The van der Waals surface area contributed by atoms with Crippen molar-refractivity contribution >= 4 is 57.2 Å². The van der Waals surface area contributed by atoms with E-state index in [0.717, 1.165) is 6.42 Å². The molecule has 1 heterocycles. The Morgan fingerprint density at radius 3 is 2.70 bits per heavy atom. The Morgan fingerprint density at radius 2 is 2.05 bits per heavy atom. The highest BCUT2D eigenvalue weighted by Gasteiger charge is 2.39. The summed E-state index contributed by atoms with van der Waals surface area (Å²) >= 11 is 5.32. The van der Waals surface area contributed by atoms with Gasteiger partial charge in [0.1, 0.15) is 0 Å². The molecule has 2 aliphatic carbocycles. The van der Waals surface area contributed by atoms with E-state index in [9.17, 15) is 0 Å². The van der Waals surface area contributed by atoms with Gasteiger partial charge in [-0.05, 0) is 47.3 Å². The maximum Gasteiger partial charge on any atom is 0.189 e. The number of guanidine groups is 1. The Labute approximate surface area is 150 Å². The number of nitrogens with zero attached hydrogens (tertiary/aromatic N) is 1. The number of aliphatic imine (C=N–C) groups is 1. The normalized spacial score (nSPS) is 26.9. The molecule has 1 aromatic rings. The van der Waals surface area contributed by atoms with Crippen molar-refractivity contribution in [2.45, 2.75) is 56.5 Å². The number of halogens is 2. The van der Waals surface area contributed by atoms with E-state index in [1.807, 2.05) is 11.3 Å². The van der Waals surface area contributed by atoms with Gasteiger partial charge in [-0.2, -0.15) is 0 Å². The maximum atomic E-state index is 6.02. The Kier molecular flexibility index (Phi) is 6.16. The topological polar surface area (TPSA) is 50.4 Å². The molecule has 0 saturated heterocycles. The molecule has 2 atom stereocenters. The molecule has 0 radical (unpaired) electrons. The lowest BCUT2D eigenvalue weighted by atomic mass is 9.96. The third-order valence-electron chi connectivity index (χ3n) is 3.98. The van der Waals surface area contributed by atoms with Crippen LogP contribution in [0.15, 0.2) is 20.9 Å². The van der Waals surface area contributed by atoms with Crippen LogP contribution in [0.2, 0.25) is 0 Å². The van der Waals surface area contributed by atoms with E-state index in [1.54, 1.807) is 0 Å². The van der Waals surface area contributed by atoms with Crippen LogP contribution >= 0.6 is 51.2 Å². The lowest BCUT2D eigenvalue weighted by molar-refractivity contribution is 0.412. The number of hydrogen-bond acceptors (Lipinski definition) is 2. The molecule has 0 spiro atoms. The monoisotopic (exact) mass is 469 g/mol. The van der Waals surface area contributed by atoms with Crippen molar-refractivity contribution in [3.63, 3.8) is 0 Å². The number of hydrogen-bond donors (Lipinski definition) is 2. The molecule has 1 aromatic heterocycles. The average molecular weight is 470 g/mol. The van der Waals surface area contributed by atoms with Gasteiger partial charge < -0.3 is 11.1 Å². The summed E-state index contributed by atoms with van der Waals surface area (Å²) in [5.74, 6) is 1.23. The summed E-state index contributed by atoms with van der Waals surface area (Å²) in [4.78, 5) is 6.05. The van der Waals surface area contributed by atoms with Gasteiger partial charge in [-0.15, -0.1) is 35.3 Å². The molecule has 2 saturated carbocycles. The molecule has 0 bridgehead atoms. The van der Waals surface area contributed by atoms with Crippen molar-refractivity contribution in [3.8, 4) is 0 Å². The molecular formula is C14H21BrIN3S. The first-order valence-electron chi connectivity index (χ1n) is 7.07. The van der Waals surface area contributed by atoms with Gasteiger partial charge in [0.05, 0.1) is 9.83 Å². The van der Waals surface area contributed by atoms with E-state index < -0.39 is 0 Å². The molecule has 0 aliphatic heterocycles. The van der Waals surface area contributed by atoms with Crippen LogP contribution in [0.3, 0.4) is 0 Å². The summed E-state index contributed by atoms with van der Waals surface area (Å²) in [6, 6.07) is 5.25.